The van der Waals surface area contributed by atoms with Gasteiger partial charge in [-0.05, 0) is 74.6 Å². The van der Waals surface area contributed by atoms with Crippen molar-refractivity contribution in [1.82, 2.24) is 0 Å². The van der Waals surface area contributed by atoms with E-state index in [4.69, 9.17) is 11.6 Å². The maximum absolute atomic E-state index is 12.8. The van der Waals surface area contributed by atoms with Gasteiger partial charge in [-0.1, -0.05) is 17.7 Å². The van der Waals surface area contributed by atoms with Crippen LogP contribution in [0.15, 0.2) is 41.3 Å². The van der Waals surface area contributed by atoms with Crippen molar-refractivity contribution >= 4 is 38.9 Å². The Kier molecular flexibility index (Phi) is 4.43. The third-order valence-corrected chi connectivity index (χ3v) is 6.79. The van der Waals surface area contributed by atoms with E-state index >= 15 is 0 Å². The molecule has 1 aliphatic heterocycles. The molecule has 2 aromatic rings. The molecular weight excluding hydrogens is 384 g/mol. The molecule has 27 heavy (non-hydrogen) atoms. The average Bonchev–Trinajstić information content (AvgIpc) is 3.39. The molecule has 1 N–H and O–H groups in total. The first-order valence-corrected chi connectivity index (χ1v) is 10.9. The Labute approximate surface area is 164 Å². The van der Waals surface area contributed by atoms with Crippen LogP contribution in [-0.2, 0) is 21.2 Å². The maximum Gasteiger partial charge on any atom is 0.261 e. The van der Waals surface area contributed by atoms with Crippen molar-refractivity contribution in [2.45, 2.75) is 44.0 Å². The number of halogens is 1. The number of nitrogens with one attached hydrogen (secondary N) is 1. The maximum atomic E-state index is 12.8. The number of rotatable bonds is 4. The Morgan fingerprint density at radius 2 is 1.93 bits per heavy atom. The van der Waals surface area contributed by atoms with E-state index in [1.807, 2.05) is 18.7 Å². The fourth-order valence-electron chi connectivity index (χ4n) is 3.54. The smallest absolute Gasteiger partial charge is 0.261 e. The van der Waals surface area contributed by atoms with Crippen LogP contribution in [0.4, 0.5) is 11.4 Å². The molecule has 0 aromatic heterocycles. The zero-order chi connectivity index (χ0) is 19.3. The number of anilines is 2. The van der Waals surface area contributed by atoms with E-state index in [1.165, 1.54) is 0 Å². The molecule has 7 heteroatoms. The van der Waals surface area contributed by atoms with Crippen molar-refractivity contribution < 1.29 is 13.2 Å². The summed E-state index contributed by atoms with van der Waals surface area (Å²) in [6.45, 7) is 3.89. The monoisotopic (exact) mass is 404 g/mol. The molecular formula is C20H21ClN2O3S. The fraction of sp³-hybridized carbons (Fsp3) is 0.350. The molecule has 1 amide bonds. The minimum Gasteiger partial charge on any atom is -0.309 e. The highest BCUT2D eigenvalue weighted by molar-refractivity contribution is 7.92. The third-order valence-electron chi connectivity index (χ3n) is 5.11. The Morgan fingerprint density at radius 1 is 1.19 bits per heavy atom. The van der Waals surface area contributed by atoms with Crippen molar-refractivity contribution in [3.8, 4) is 0 Å². The number of carbonyl (C=O) groups excluding carboxylic acids is 1. The van der Waals surface area contributed by atoms with Crippen LogP contribution in [0, 0.1) is 12.8 Å². The van der Waals surface area contributed by atoms with Crippen LogP contribution in [-0.4, -0.2) is 20.4 Å². The predicted molar refractivity (Wildman–Crippen MR) is 107 cm³/mol. The zero-order valence-corrected chi connectivity index (χ0v) is 16.8. The quantitative estimate of drug-likeness (QED) is 0.832. The Balaban J connectivity index is 1.63. The number of amides is 1. The third kappa shape index (κ3) is 3.44. The highest BCUT2D eigenvalue weighted by atomic mass is 35.5. The minimum atomic E-state index is -3.77. The van der Waals surface area contributed by atoms with Gasteiger partial charge < -0.3 is 4.90 Å². The van der Waals surface area contributed by atoms with Gasteiger partial charge in [0.25, 0.3) is 10.0 Å². The second-order valence-corrected chi connectivity index (χ2v) is 9.50. The average molecular weight is 405 g/mol. The van der Waals surface area contributed by atoms with Gasteiger partial charge in [0.15, 0.2) is 0 Å². The summed E-state index contributed by atoms with van der Waals surface area (Å²) >= 11 is 6.15. The van der Waals surface area contributed by atoms with Crippen LogP contribution < -0.4 is 9.62 Å². The van der Waals surface area contributed by atoms with Crippen LogP contribution in [0.25, 0.3) is 0 Å². The number of sulfonamides is 1. The predicted octanol–water partition coefficient (Wildman–Crippen LogP) is 4.14. The number of aryl methyl sites for hydroxylation is 1. The van der Waals surface area contributed by atoms with Gasteiger partial charge >= 0.3 is 0 Å². The largest absolute Gasteiger partial charge is 0.309 e. The van der Waals surface area contributed by atoms with Crippen molar-refractivity contribution in [3.63, 3.8) is 0 Å². The van der Waals surface area contributed by atoms with E-state index in [-0.39, 0.29) is 22.8 Å². The highest BCUT2D eigenvalue weighted by Crippen LogP contribution is 2.39. The lowest BCUT2D eigenvalue weighted by Gasteiger charge is -2.22. The summed E-state index contributed by atoms with van der Waals surface area (Å²) in [5.74, 6) is 0.286. The molecule has 0 radical (unpaired) electrons. The van der Waals surface area contributed by atoms with Gasteiger partial charge in [0, 0.05) is 17.6 Å². The van der Waals surface area contributed by atoms with E-state index in [2.05, 4.69) is 4.72 Å². The highest BCUT2D eigenvalue weighted by Gasteiger charge is 2.39. The van der Waals surface area contributed by atoms with Gasteiger partial charge in [0.1, 0.15) is 0 Å². The molecule has 1 saturated carbocycles. The molecule has 1 aliphatic carbocycles. The SMILES string of the molecule is Cc1ccc(NS(=O)(=O)c2ccc3c(c2)C[C@H](C)N3C(=O)C2CC2)c(Cl)c1. The topological polar surface area (TPSA) is 66.5 Å². The fourth-order valence-corrected chi connectivity index (χ4v) is 5.01. The molecule has 2 aromatic carbocycles. The van der Waals surface area contributed by atoms with Crippen molar-refractivity contribution in [3.05, 3.63) is 52.5 Å². The second-order valence-electron chi connectivity index (χ2n) is 7.41. The standard InChI is InChI=1S/C20H21ClN2O3S/c1-12-3-7-18(17(21)9-12)22-27(25,26)16-6-8-19-15(11-16)10-13(2)23(19)20(24)14-4-5-14/h3,6-9,11,13-14,22H,4-5,10H2,1-2H3/t13-/m0/s1. The lowest BCUT2D eigenvalue weighted by Crippen LogP contribution is -2.36. The summed E-state index contributed by atoms with van der Waals surface area (Å²) in [4.78, 5) is 14.5. The number of benzene rings is 2. The molecule has 0 unspecified atom stereocenters. The van der Waals surface area contributed by atoms with Crippen LogP contribution in [0.2, 0.25) is 5.02 Å². The van der Waals surface area contributed by atoms with Gasteiger partial charge in [-0.25, -0.2) is 8.42 Å². The Hall–Kier alpha value is -2.05. The number of carbonyl (C=O) groups is 1. The summed E-state index contributed by atoms with van der Waals surface area (Å²) in [6, 6.07) is 10.2. The number of hydrogen-bond acceptors (Lipinski definition) is 3. The lowest BCUT2D eigenvalue weighted by atomic mass is 10.1. The number of hydrogen-bond donors (Lipinski definition) is 1. The molecule has 0 bridgehead atoms. The molecule has 4 rings (SSSR count). The molecule has 1 heterocycles. The Bertz CT molecular complexity index is 1030. The summed E-state index contributed by atoms with van der Waals surface area (Å²) in [7, 11) is -3.77. The van der Waals surface area contributed by atoms with Crippen LogP contribution in [0.3, 0.4) is 0 Å². The van der Waals surface area contributed by atoms with Crippen molar-refractivity contribution in [2.75, 3.05) is 9.62 Å². The van der Waals surface area contributed by atoms with E-state index in [9.17, 15) is 13.2 Å². The number of nitrogens with zero attached hydrogens (tertiary/aromatic N) is 1. The first-order valence-electron chi connectivity index (χ1n) is 9.01. The molecule has 5 nitrogen and oxygen atoms in total. The normalized spacial score (nSPS) is 19.1. The lowest BCUT2D eigenvalue weighted by molar-refractivity contribution is -0.120. The van der Waals surface area contributed by atoms with Gasteiger partial charge in [0.2, 0.25) is 5.91 Å². The van der Waals surface area contributed by atoms with E-state index in [0.717, 1.165) is 29.7 Å². The van der Waals surface area contributed by atoms with Crippen LogP contribution in [0.5, 0.6) is 0 Å². The molecule has 0 saturated heterocycles. The van der Waals surface area contributed by atoms with Crippen LogP contribution in [0.1, 0.15) is 30.9 Å². The van der Waals surface area contributed by atoms with E-state index in [1.54, 1.807) is 36.4 Å². The summed E-state index contributed by atoms with van der Waals surface area (Å²) in [6.07, 6.45) is 2.55. The van der Waals surface area contributed by atoms with Crippen molar-refractivity contribution in [2.24, 2.45) is 5.92 Å². The molecule has 0 spiro atoms. The molecule has 2 aliphatic rings. The van der Waals surface area contributed by atoms with Gasteiger partial charge in [0.05, 0.1) is 15.6 Å². The van der Waals surface area contributed by atoms with Crippen LogP contribution >= 0.6 is 11.6 Å². The van der Waals surface area contributed by atoms with Crippen molar-refractivity contribution in [1.29, 1.82) is 0 Å². The second kappa shape index (κ2) is 6.53. The molecule has 142 valence electrons. The minimum absolute atomic E-state index is 0.0468. The molecule has 1 fully saturated rings. The van der Waals surface area contributed by atoms with E-state index < -0.39 is 10.0 Å². The summed E-state index contributed by atoms with van der Waals surface area (Å²) in [5.41, 5.74) is 3.01. The zero-order valence-electron chi connectivity index (χ0n) is 15.2. The summed E-state index contributed by atoms with van der Waals surface area (Å²) < 4.78 is 28.2. The Morgan fingerprint density at radius 3 is 2.59 bits per heavy atom. The number of fused-ring (bicyclic) bond motifs is 1. The van der Waals surface area contributed by atoms with E-state index in [0.29, 0.717) is 17.1 Å². The summed E-state index contributed by atoms with van der Waals surface area (Å²) in [5, 5.41) is 0.356. The van der Waals surface area contributed by atoms with Gasteiger partial charge in [-0.15, -0.1) is 0 Å². The first-order chi connectivity index (χ1) is 12.8. The molecule has 1 atom stereocenters. The first kappa shape index (κ1) is 18.3. The van der Waals surface area contributed by atoms with Gasteiger partial charge in [-0.3, -0.25) is 9.52 Å². The van der Waals surface area contributed by atoms with Gasteiger partial charge in [-0.2, -0.15) is 0 Å².